The van der Waals surface area contributed by atoms with Crippen LogP contribution in [-0.2, 0) is 20.7 Å². The molecule has 0 fully saturated rings. The Kier molecular flexibility index (Phi) is 3.27. The highest BCUT2D eigenvalue weighted by Gasteiger charge is 2.36. The number of hydrogen-bond donors (Lipinski definition) is 1. The van der Waals surface area contributed by atoms with Crippen LogP contribution in [0.3, 0.4) is 0 Å². The molecule has 2 rings (SSSR count). The van der Waals surface area contributed by atoms with Crippen LogP contribution in [0.2, 0.25) is 0 Å². The molecule has 0 radical (unpaired) electrons. The second-order valence-corrected chi connectivity index (χ2v) is 3.83. The Labute approximate surface area is 103 Å². The van der Waals surface area contributed by atoms with Crippen molar-refractivity contribution in [1.29, 1.82) is 0 Å². The summed E-state index contributed by atoms with van der Waals surface area (Å²) >= 11 is 0. The average molecular weight is 248 g/mol. The fourth-order valence-corrected chi connectivity index (χ4v) is 1.61. The molecule has 6 nitrogen and oxygen atoms in total. The van der Waals surface area contributed by atoms with Gasteiger partial charge in [0.25, 0.3) is 6.23 Å². The van der Waals surface area contributed by atoms with E-state index in [9.17, 15) is 9.59 Å². The molecule has 1 aliphatic rings. The molecular formula is C12H12N2O4. The normalized spacial score (nSPS) is 18.2. The molecule has 1 atom stereocenters. The van der Waals surface area contributed by atoms with E-state index in [-0.39, 0.29) is 5.90 Å². The van der Waals surface area contributed by atoms with Gasteiger partial charge in [0, 0.05) is 6.92 Å². The third-order valence-corrected chi connectivity index (χ3v) is 2.42. The zero-order valence-corrected chi connectivity index (χ0v) is 9.74. The number of carbonyl (C=O) groups excluding carboxylic acids is 1. The predicted octanol–water partition coefficient (Wildman–Crippen LogP) is 0.832. The summed E-state index contributed by atoms with van der Waals surface area (Å²) in [5, 5.41) is 13.6. The number of carboxylic acids is 1. The van der Waals surface area contributed by atoms with Crippen molar-refractivity contribution < 1.29 is 19.4 Å². The van der Waals surface area contributed by atoms with Gasteiger partial charge in [0.05, 0.1) is 6.42 Å². The Morgan fingerprint density at radius 2 is 2.06 bits per heavy atom. The van der Waals surface area contributed by atoms with Crippen molar-refractivity contribution >= 4 is 17.8 Å². The molecule has 1 unspecified atom stereocenters. The van der Waals surface area contributed by atoms with Gasteiger partial charge in [-0.1, -0.05) is 30.3 Å². The van der Waals surface area contributed by atoms with E-state index < -0.39 is 18.1 Å². The van der Waals surface area contributed by atoms with Gasteiger partial charge in [-0.15, -0.1) is 5.10 Å². The molecule has 0 spiro atoms. The number of hydrazone groups is 1. The van der Waals surface area contributed by atoms with Gasteiger partial charge in [-0.2, -0.15) is 5.01 Å². The lowest BCUT2D eigenvalue weighted by Crippen LogP contribution is -2.38. The molecule has 1 N–H and O–H groups in total. The molecule has 6 heteroatoms. The molecule has 1 amide bonds. The van der Waals surface area contributed by atoms with E-state index in [4.69, 9.17) is 9.84 Å². The van der Waals surface area contributed by atoms with Crippen LogP contribution in [-0.4, -0.2) is 34.1 Å². The second-order valence-electron chi connectivity index (χ2n) is 3.83. The van der Waals surface area contributed by atoms with Crippen LogP contribution >= 0.6 is 0 Å². The summed E-state index contributed by atoms with van der Waals surface area (Å²) < 4.78 is 5.16. The highest BCUT2D eigenvalue weighted by atomic mass is 16.6. The third kappa shape index (κ3) is 2.48. The van der Waals surface area contributed by atoms with Gasteiger partial charge in [0.2, 0.25) is 11.8 Å². The maximum absolute atomic E-state index is 11.2. The van der Waals surface area contributed by atoms with Crippen LogP contribution < -0.4 is 0 Å². The highest BCUT2D eigenvalue weighted by Crippen LogP contribution is 2.15. The van der Waals surface area contributed by atoms with Crippen LogP contribution in [0.1, 0.15) is 12.5 Å². The van der Waals surface area contributed by atoms with E-state index in [1.54, 1.807) is 0 Å². The Hall–Kier alpha value is -2.37. The first kappa shape index (κ1) is 12.1. The number of benzene rings is 1. The molecule has 1 aromatic carbocycles. The van der Waals surface area contributed by atoms with E-state index in [1.807, 2.05) is 30.3 Å². The molecule has 0 saturated heterocycles. The van der Waals surface area contributed by atoms with Crippen molar-refractivity contribution in [2.24, 2.45) is 5.10 Å². The van der Waals surface area contributed by atoms with Crippen molar-refractivity contribution in [2.45, 2.75) is 19.6 Å². The van der Waals surface area contributed by atoms with Gasteiger partial charge in [0.1, 0.15) is 0 Å². The van der Waals surface area contributed by atoms with E-state index in [0.717, 1.165) is 10.6 Å². The smallest absolute Gasteiger partial charge is 0.368 e. The molecule has 1 aromatic rings. The Balaban J connectivity index is 2.14. The van der Waals surface area contributed by atoms with E-state index >= 15 is 0 Å². The molecule has 1 aliphatic heterocycles. The molecule has 0 bridgehead atoms. The lowest BCUT2D eigenvalue weighted by Gasteiger charge is -2.13. The fraction of sp³-hybridized carbons (Fsp3) is 0.250. The minimum absolute atomic E-state index is 0.226. The number of ether oxygens (including phenoxy) is 1. The summed E-state index contributed by atoms with van der Waals surface area (Å²) in [7, 11) is 0. The van der Waals surface area contributed by atoms with Gasteiger partial charge in [-0.25, -0.2) is 4.79 Å². The lowest BCUT2D eigenvalue weighted by atomic mass is 10.1. The zero-order chi connectivity index (χ0) is 13.1. The van der Waals surface area contributed by atoms with Gasteiger partial charge in [0.15, 0.2) is 0 Å². The lowest BCUT2D eigenvalue weighted by molar-refractivity contribution is -0.159. The minimum atomic E-state index is -1.36. The zero-order valence-electron chi connectivity index (χ0n) is 9.74. The van der Waals surface area contributed by atoms with E-state index in [0.29, 0.717) is 6.42 Å². The first-order chi connectivity index (χ1) is 8.58. The number of hydrogen-bond acceptors (Lipinski definition) is 4. The largest absolute Gasteiger partial charge is 0.477 e. The standard InChI is InChI=1S/C12H12N2O4/c1-8(15)14-11(12(16)17)18-10(13-14)7-9-5-3-2-4-6-9/h2-6,11H,7H2,1H3,(H,16,17). The molecule has 1 heterocycles. The summed E-state index contributed by atoms with van der Waals surface area (Å²) in [6.45, 7) is 1.24. The Bertz CT molecular complexity index is 498. The quantitative estimate of drug-likeness (QED) is 0.859. The number of amides is 1. The third-order valence-electron chi connectivity index (χ3n) is 2.42. The molecular weight excluding hydrogens is 236 g/mol. The van der Waals surface area contributed by atoms with Crippen molar-refractivity contribution in [2.75, 3.05) is 0 Å². The average Bonchev–Trinajstić information content (AvgIpc) is 2.74. The van der Waals surface area contributed by atoms with Gasteiger partial charge in [-0.05, 0) is 5.56 Å². The Morgan fingerprint density at radius 1 is 1.39 bits per heavy atom. The first-order valence-corrected chi connectivity index (χ1v) is 5.38. The number of carbonyl (C=O) groups is 2. The molecule has 94 valence electrons. The summed E-state index contributed by atoms with van der Waals surface area (Å²) in [5.74, 6) is -1.48. The van der Waals surface area contributed by atoms with Crippen molar-refractivity contribution in [3.8, 4) is 0 Å². The van der Waals surface area contributed by atoms with Gasteiger partial charge < -0.3 is 9.84 Å². The molecule has 0 saturated carbocycles. The fourth-order valence-electron chi connectivity index (χ4n) is 1.61. The SMILES string of the molecule is CC(=O)N1N=C(Cc2ccccc2)OC1C(=O)O. The maximum atomic E-state index is 11.2. The maximum Gasteiger partial charge on any atom is 0.368 e. The van der Waals surface area contributed by atoms with Crippen molar-refractivity contribution in [1.82, 2.24) is 5.01 Å². The summed E-state index contributed by atoms with van der Waals surface area (Å²) in [6, 6.07) is 9.35. The summed E-state index contributed by atoms with van der Waals surface area (Å²) in [4.78, 5) is 22.2. The second kappa shape index (κ2) is 4.87. The number of carboxylic acid groups (broad SMARTS) is 1. The van der Waals surface area contributed by atoms with E-state index in [1.165, 1.54) is 6.92 Å². The van der Waals surface area contributed by atoms with E-state index in [2.05, 4.69) is 5.10 Å². The van der Waals surface area contributed by atoms with Crippen LogP contribution in [0, 0.1) is 0 Å². The molecule has 18 heavy (non-hydrogen) atoms. The predicted molar refractivity (Wildman–Crippen MR) is 62.6 cm³/mol. The van der Waals surface area contributed by atoms with Gasteiger partial charge in [-0.3, -0.25) is 4.79 Å². The minimum Gasteiger partial charge on any atom is -0.477 e. The number of nitrogens with zero attached hydrogens (tertiary/aromatic N) is 2. The highest BCUT2D eigenvalue weighted by molar-refractivity contribution is 5.89. The molecule has 0 aliphatic carbocycles. The van der Waals surface area contributed by atoms with Crippen molar-refractivity contribution in [3.63, 3.8) is 0 Å². The topological polar surface area (TPSA) is 79.2 Å². The van der Waals surface area contributed by atoms with Crippen LogP contribution in [0.5, 0.6) is 0 Å². The number of rotatable bonds is 3. The number of aliphatic carboxylic acids is 1. The van der Waals surface area contributed by atoms with Gasteiger partial charge >= 0.3 is 5.97 Å². The molecule has 0 aromatic heterocycles. The Morgan fingerprint density at radius 3 is 2.56 bits per heavy atom. The van der Waals surface area contributed by atoms with Crippen LogP contribution in [0.4, 0.5) is 0 Å². The van der Waals surface area contributed by atoms with Crippen LogP contribution in [0.15, 0.2) is 35.4 Å². The summed E-state index contributed by atoms with van der Waals surface area (Å²) in [6.07, 6.45) is -1.00. The van der Waals surface area contributed by atoms with Crippen molar-refractivity contribution in [3.05, 3.63) is 35.9 Å². The van der Waals surface area contributed by atoms with Crippen LogP contribution in [0.25, 0.3) is 0 Å². The summed E-state index contributed by atoms with van der Waals surface area (Å²) in [5.41, 5.74) is 0.936. The first-order valence-electron chi connectivity index (χ1n) is 5.38. The monoisotopic (exact) mass is 248 g/mol.